The number of ether oxygens (including phenoxy) is 2. The van der Waals surface area contributed by atoms with Crippen LogP contribution in [-0.2, 0) is 21.3 Å². The highest BCUT2D eigenvalue weighted by atomic mass is 35.5. The molecule has 1 aliphatic heterocycles. The Kier molecular flexibility index (Phi) is 5.05. The van der Waals surface area contributed by atoms with E-state index < -0.39 is 5.41 Å². The van der Waals surface area contributed by atoms with Crippen molar-refractivity contribution in [3.8, 4) is 11.1 Å². The van der Waals surface area contributed by atoms with E-state index in [-0.39, 0.29) is 12.6 Å². The summed E-state index contributed by atoms with van der Waals surface area (Å²) in [6.07, 6.45) is 3.88. The van der Waals surface area contributed by atoms with Gasteiger partial charge in [0.15, 0.2) is 18.2 Å². The predicted molar refractivity (Wildman–Crippen MR) is 121 cm³/mol. The Bertz CT molecular complexity index is 1230. The zero-order chi connectivity index (χ0) is 21.6. The number of hydrogen-bond acceptors (Lipinski definition) is 4. The minimum Gasteiger partial charge on any atom is -0.323 e. The van der Waals surface area contributed by atoms with Crippen LogP contribution in [0.5, 0.6) is 0 Å². The molecule has 0 bridgehead atoms. The van der Waals surface area contributed by atoms with Crippen LogP contribution in [-0.4, -0.2) is 27.2 Å². The van der Waals surface area contributed by atoms with E-state index >= 15 is 0 Å². The van der Waals surface area contributed by atoms with Gasteiger partial charge in [-0.3, -0.25) is 0 Å². The van der Waals surface area contributed by atoms with E-state index in [0.717, 1.165) is 28.9 Å². The number of rotatable bonds is 5. The number of fused-ring (bicyclic) bond motifs is 1. The molecule has 0 amide bonds. The van der Waals surface area contributed by atoms with Crippen LogP contribution in [0.25, 0.3) is 16.8 Å². The highest BCUT2D eigenvalue weighted by Crippen LogP contribution is 2.40. The molecule has 0 N–H and O–H groups in total. The Balaban J connectivity index is 1.63. The van der Waals surface area contributed by atoms with Crippen molar-refractivity contribution in [1.29, 1.82) is 0 Å². The van der Waals surface area contributed by atoms with E-state index in [1.54, 1.807) is 0 Å². The number of aromatic nitrogens is 3. The Labute approximate surface area is 186 Å². The molecule has 0 aliphatic carbocycles. The smallest absolute Gasteiger partial charge is 0.174 e. The van der Waals surface area contributed by atoms with E-state index in [2.05, 4.69) is 43.1 Å². The Morgan fingerprint density at radius 1 is 1.06 bits per heavy atom. The van der Waals surface area contributed by atoms with Crippen LogP contribution in [0.1, 0.15) is 30.7 Å². The summed E-state index contributed by atoms with van der Waals surface area (Å²) in [6.45, 7) is 6.23. The van der Waals surface area contributed by atoms with E-state index in [1.807, 2.05) is 54.2 Å². The largest absolute Gasteiger partial charge is 0.323 e. The SMILES string of the molecule is Cc1ccccc1CC(C)(c1ccnc2c(-c3ccc(Cl)cc3)cnn12)C1OC(C)O1. The second kappa shape index (κ2) is 7.75. The molecule has 31 heavy (non-hydrogen) atoms. The van der Waals surface area contributed by atoms with Gasteiger partial charge < -0.3 is 9.47 Å². The van der Waals surface area contributed by atoms with Crippen LogP contribution in [0.15, 0.2) is 67.0 Å². The third-order valence-electron chi connectivity index (χ3n) is 6.11. The molecule has 0 radical (unpaired) electrons. The fraction of sp³-hybridized carbons (Fsp3) is 0.280. The molecule has 2 aromatic heterocycles. The molecule has 1 atom stereocenters. The molecular formula is C25H24ClN3O2. The van der Waals surface area contributed by atoms with Crippen molar-refractivity contribution >= 4 is 17.2 Å². The van der Waals surface area contributed by atoms with E-state index in [0.29, 0.717) is 5.02 Å². The standard InChI is InChI=1S/C25H24ClN3O2/c1-16-6-4-5-7-19(16)14-25(3,24-30-17(2)31-24)22-12-13-27-23-21(15-28-29(22)23)18-8-10-20(26)11-9-18/h4-13,15,17,24H,14H2,1-3H3. The summed E-state index contributed by atoms with van der Waals surface area (Å²) < 4.78 is 14.0. The normalized spacial score (nSPS) is 20.4. The summed E-state index contributed by atoms with van der Waals surface area (Å²) in [4.78, 5) is 4.64. The van der Waals surface area contributed by atoms with Gasteiger partial charge in [-0.2, -0.15) is 5.10 Å². The fourth-order valence-corrected chi connectivity index (χ4v) is 4.44. The first-order chi connectivity index (χ1) is 15.0. The molecule has 158 valence electrons. The summed E-state index contributed by atoms with van der Waals surface area (Å²) in [5, 5.41) is 5.42. The van der Waals surface area contributed by atoms with Crippen LogP contribution in [0.3, 0.4) is 0 Å². The minimum atomic E-state index is -0.455. The maximum Gasteiger partial charge on any atom is 0.174 e. The second-order valence-corrected chi connectivity index (χ2v) is 8.76. The maximum atomic E-state index is 6.07. The van der Waals surface area contributed by atoms with Gasteiger partial charge in [0, 0.05) is 16.8 Å². The first-order valence-electron chi connectivity index (χ1n) is 10.4. The number of benzene rings is 2. The van der Waals surface area contributed by atoms with Crippen molar-refractivity contribution in [3.63, 3.8) is 0 Å². The van der Waals surface area contributed by atoms with Crippen molar-refractivity contribution in [2.75, 3.05) is 0 Å². The Morgan fingerprint density at radius 3 is 2.52 bits per heavy atom. The summed E-state index contributed by atoms with van der Waals surface area (Å²) in [5.74, 6) is 0. The highest BCUT2D eigenvalue weighted by Gasteiger charge is 2.47. The van der Waals surface area contributed by atoms with Gasteiger partial charge in [0.05, 0.1) is 17.3 Å². The zero-order valence-corrected chi connectivity index (χ0v) is 18.5. The molecule has 5 nitrogen and oxygen atoms in total. The lowest BCUT2D eigenvalue weighted by molar-refractivity contribution is -0.396. The molecular weight excluding hydrogens is 410 g/mol. The van der Waals surface area contributed by atoms with Crippen molar-refractivity contribution in [2.24, 2.45) is 0 Å². The van der Waals surface area contributed by atoms with E-state index in [1.165, 1.54) is 11.1 Å². The van der Waals surface area contributed by atoms with Gasteiger partial charge in [-0.25, -0.2) is 9.50 Å². The summed E-state index contributed by atoms with van der Waals surface area (Å²) >= 11 is 6.07. The predicted octanol–water partition coefficient (Wildman–Crippen LogP) is 5.58. The zero-order valence-electron chi connectivity index (χ0n) is 17.7. The molecule has 1 unspecified atom stereocenters. The Hall–Kier alpha value is -2.73. The third kappa shape index (κ3) is 3.53. The molecule has 1 saturated heterocycles. The van der Waals surface area contributed by atoms with Gasteiger partial charge in [-0.1, -0.05) is 48.0 Å². The van der Waals surface area contributed by atoms with Crippen LogP contribution in [0.2, 0.25) is 5.02 Å². The van der Waals surface area contributed by atoms with Gasteiger partial charge in [-0.05, 0) is 62.1 Å². The molecule has 0 spiro atoms. The van der Waals surface area contributed by atoms with Crippen molar-refractivity contribution in [1.82, 2.24) is 14.6 Å². The van der Waals surface area contributed by atoms with Crippen LogP contribution < -0.4 is 0 Å². The van der Waals surface area contributed by atoms with Gasteiger partial charge in [-0.15, -0.1) is 0 Å². The number of hydrogen-bond donors (Lipinski definition) is 0. The van der Waals surface area contributed by atoms with Gasteiger partial charge in [0.2, 0.25) is 0 Å². The lowest BCUT2D eigenvalue weighted by atomic mass is 9.78. The first-order valence-corrected chi connectivity index (χ1v) is 10.8. The van der Waals surface area contributed by atoms with Crippen LogP contribution in [0, 0.1) is 6.92 Å². The average molecular weight is 434 g/mol. The number of nitrogens with zero attached hydrogens (tertiary/aromatic N) is 3. The van der Waals surface area contributed by atoms with E-state index in [4.69, 9.17) is 26.2 Å². The summed E-state index contributed by atoms with van der Waals surface area (Å²) in [5.41, 5.74) is 5.82. The summed E-state index contributed by atoms with van der Waals surface area (Å²) in [7, 11) is 0. The van der Waals surface area contributed by atoms with Gasteiger partial charge >= 0.3 is 0 Å². The molecule has 6 heteroatoms. The fourth-order valence-electron chi connectivity index (χ4n) is 4.31. The van der Waals surface area contributed by atoms with Crippen LogP contribution >= 0.6 is 11.6 Å². The molecule has 3 heterocycles. The molecule has 5 rings (SSSR count). The quantitative estimate of drug-likeness (QED) is 0.412. The highest BCUT2D eigenvalue weighted by molar-refractivity contribution is 6.30. The molecule has 2 aromatic carbocycles. The first kappa shape index (κ1) is 20.2. The third-order valence-corrected chi connectivity index (χ3v) is 6.36. The van der Waals surface area contributed by atoms with Crippen molar-refractivity contribution < 1.29 is 9.47 Å². The summed E-state index contributed by atoms with van der Waals surface area (Å²) in [6, 6.07) is 18.2. The average Bonchev–Trinajstić information content (AvgIpc) is 3.18. The molecule has 4 aromatic rings. The van der Waals surface area contributed by atoms with Crippen molar-refractivity contribution in [2.45, 2.75) is 45.2 Å². The van der Waals surface area contributed by atoms with E-state index in [9.17, 15) is 0 Å². The lowest BCUT2D eigenvalue weighted by Crippen LogP contribution is -2.53. The number of aryl methyl sites for hydroxylation is 1. The lowest BCUT2D eigenvalue weighted by Gasteiger charge is -2.46. The van der Waals surface area contributed by atoms with Crippen molar-refractivity contribution in [3.05, 3.63) is 88.8 Å². The Morgan fingerprint density at radius 2 is 1.81 bits per heavy atom. The van der Waals surface area contributed by atoms with Gasteiger partial charge in [0.25, 0.3) is 0 Å². The number of halogens is 1. The molecule has 1 aliphatic rings. The maximum absolute atomic E-state index is 6.07. The van der Waals surface area contributed by atoms with Gasteiger partial charge in [0.1, 0.15) is 0 Å². The molecule has 1 fully saturated rings. The monoisotopic (exact) mass is 433 g/mol. The second-order valence-electron chi connectivity index (χ2n) is 8.32. The van der Waals surface area contributed by atoms with Crippen LogP contribution in [0.4, 0.5) is 0 Å². The minimum absolute atomic E-state index is 0.208. The topological polar surface area (TPSA) is 48.7 Å². The molecule has 0 saturated carbocycles.